The van der Waals surface area contributed by atoms with E-state index in [9.17, 15) is 19.3 Å². The number of carbonyl (C=O) groups excluding carboxylic acids is 2. The molecule has 0 aliphatic heterocycles. The fourth-order valence-corrected chi connectivity index (χ4v) is 7.16. The fourth-order valence-electron chi connectivity index (χ4n) is 4.94. The third-order valence-electron chi connectivity index (χ3n) is 7.68. The number of hydrogen-bond acceptors (Lipinski definition) is 5. The number of unbranched alkanes of at least 4 members (excludes halogenated alkanes) is 18. The van der Waals surface area contributed by atoms with Crippen LogP contribution in [-0.2, 0) is 14.2 Å². The Morgan fingerprint density at radius 1 is 0.575 bits per heavy atom. The number of allylic oxidation sites excluding steroid dienone is 4. The topological polar surface area (TPSA) is 97.5 Å². The molecule has 0 aromatic heterocycles. The number of aliphatic hydroxyl groups is 1. The van der Waals surface area contributed by atoms with Gasteiger partial charge in [0.1, 0.15) is 5.85 Å². The highest BCUT2D eigenvalue weighted by atomic mass is 31.2. The summed E-state index contributed by atoms with van der Waals surface area (Å²) in [7, 11) is -4.03. The third kappa shape index (κ3) is 19.9. The molecule has 0 saturated carbocycles. The minimum Gasteiger partial charge on any atom is -0.383 e. The lowest BCUT2D eigenvalue weighted by atomic mass is 10.1. The first kappa shape index (κ1) is 39.0. The zero-order chi connectivity index (χ0) is 29.7. The van der Waals surface area contributed by atoms with Crippen molar-refractivity contribution in [2.75, 3.05) is 6.54 Å². The van der Waals surface area contributed by atoms with Crippen LogP contribution >= 0.6 is 7.14 Å². The van der Waals surface area contributed by atoms with E-state index < -0.39 is 24.0 Å². The summed E-state index contributed by atoms with van der Waals surface area (Å²) in [6.07, 6.45) is 33.7. The van der Waals surface area contributed by atoms with Crippen molar-refractivity contribution in [1.29, 1.82) is 0 Å². The van der Waals surface area contributed by atoms with Gasteiger partial charge in [-0.1, -0.05) is 115 Å². The van der Waals surface area contributed by atoms with Gasteiger partial charge in [0.05, 0.1) is 0 Å². The van der Waals surface area contributed by atoms with E-state index in [2.05, 4.69) is 38.2 Å². The van der Waals surface area contributed by atoms with Crippen LogP contribution in [0.3, 0.4) is 0 Å². The molecule has 0 radical (unpaired) electrons. The van der Waals surface area contributed by atoms with Gasteiger partial charge in [-0.25, -0.2) is 0 Å². The lowest BCUT2D eigenvalue weighted by molar-refractivity contribution is -0.115. The molecule has 0 spiro atoms. The van der Waals surface area contributed by atoms with Gasteiger partial charge in [0.25, 0.3) is 0 Å². The zero-order valence-corrected chi connectivity index (χ0v) is 27.2. The van der Waals surface area contributed by atoms with Gasteiger partial charge in [0.2, 0.25) is 18.2 Å². The van der Waals surface area contributed by atoms with E-state index in [4.69, 9.17) is 5.73 Å². The first-order valence-corrected chi connectivity index (χ1v) is 18.6. The van der Waals surface area contributed by atoms with Crippen LogP contribution in [0.15, 0.2) is 24.3 Å². The smallest absolute Gasteiger partial charge is 0.239 e. The second-order valence-electron chi connectivity index (χ2n) is 11.4. The quantitative estimate of drug-likeness (QED) is 0.0499. The number of nitrogens with two attached hydrogens (primary N) is 1. The molecule has 1 atom stereocenters. The van der Waals surface area contributed by atoms with Crippen molar-refractivity contribution in [3.63, 3.8) is 0 Å². The van der Waals surface area contributed by atoms with E-state index >= 15 is 0 Å². The van der Waals surface area contributed by atoms with E-state index in [0.29, 0.717) is 12.8 Å². The van der Waals surface area contributed by atoms with Crippen LogP contribution in [0, 0.1) is 0 Å². The number of rotatable bonds is 30. The van der Waals surface area contributed by atoms with E-state index in [1.165, 1.54) is 64.2 Å². The normalized spacial score (nSPS) is 13.0. The Labute approximate surface area is 247 Å². The summed E-state index contributed by atoms with van der Waals surface area (Å²) in [5, 5.41) is 10.3. The van der Waals surface area contributed by atoms with Crippen molar-refractivity contribution in [2.45, 2.75) is 174 Å². The lowest BCUT2D eigenvalue weighted by Gasteiger charge is -2.20. The van der Waals surface area contributed by atoms with E-state index in [-0.39, 0.29) is 19.4 Å². The molecular weight excluding hydrogens is 517 g/mol. The van der Waals surface area contributed by atoms with Gasteiger partial charge < -0.3 is 15.4 Å². The van der Waals surface area contributed by atoms with Crippen LogP contribution in [0.2, 0.25) is 0 Å². The Bertz CT molecular complexity index is 667. The molecular formula is C34H64NO4P. The molecule has 40 heavy (non-hydrogen) atoms. The molecule has 0 aromatic rings. The molecule has 0 saturated heterocycles. The van der Waals surface area contributed by atoms with Crippen molar-refractivity contribution in [3.8, 4) is 0 Å². The van der Waals surface area contributed by atoms with Gasteiger partial charge in [-0.2, -0.15) is 0 Å². The third-order valence-corrected chi connectivity index (χ3v) is 10.7. The molecule has 234 valence electrons. The molecule has 0 fully saturated rings. The summed E-state index contributed by atoms with van der Waals surface area (Å²) < 4.78 is 13.4. The zero-order valence-electron chi connectivity index (χ0n) is 26.3. The molecule has 0 amide bonds. The molecule has 0 aliphatic carbocycles. The predicted molar refractivity (Wildman–Crippen MR) is 173 cm³/mol. The van der Waals surface area contributed by atoms with Gasteiger partial charge in [0, 0.05) is 19.4 Å². The van der Waals surface area contributed by atoms with Crippen LogP contribution in [0.5, 0.6) is 0 Å². The van der Waals surface area contributed by atoms with Crippen molar-refractivity contribution in [2.24, 2.45) is 5.73 Å². The maximum absolute atomic E-state index is 13.4. The van der Waals surface area contributed by atoms with Crippen LogP contribution in [-0.4, -0.2) is 28.5 Å². The monoisotopic (exact) mass is 581 g/mol. The minimum atomic E-state index is -4.03. The fraction of sp³-hybridized carbons (Fsp3) is 0.824. The molecule has 1 unspecified atom stereocenters. The number of hydrogen-bond donors (Lipinski definition) is 2. The molecule has 0 aromatic carbocycles. The van der Waals surface area contributed by atoms with Gasteiger partial charge in [-0.3, -0.25) is 9.59 Å². The van der Waals surface area contributed by atoms with Crippen LogP contribution in [0.4, 0.5) is 0 Å². The number of carbonyl (C=O) groups is 2. The first-order valence-electron chi connectivity index (χ1n) is 16.8. The molecule has 0 aliphatic rings. The molecule has 5 nitrogen and oxygen atoms in total. The molecule has 0 heterocycles. The average Bonchev–Trinajstić information content (AvgIpc) is 2.96. The maximum Gasteiger partial charge on any atom is 0.239 e. The summed E-state index contributed by atoms with van der Waals surface area (Å²) in [5.74, 6) is -1.55. The average molecular weight is 582 g/mol. The first-order chi connectivity index (χ1) is 19.4. The molecule has 6 heteroatoms. The van der Waals surface area contributed by atoms with Crippen molar-refractivity contribution in [1.82, 2.24) is 0 Å². The van der Waals surface area contributed by atoms with Crippen LogP contribution < -0.4 is 5.73 Å². The van der Waals surface area contributed by atoms with Gasteiger partial charge in [-0.15, -0.1) is 0 Å². The second kappa shape index (κ2) is 28.1. The Kier molecular flexibility index (Phi) is 27.4. The molecule has 0 bridgehead atoms. The Morgan fingerprint density at radius 2 is 0.875 bits per heavy atom. The highest BCUT2D eigenvalue weighted by Gasteiger charge is 2.44. The van der Waals surface area contributed by atoms with E-state index in [0.717, 1.165) is 64.2 Å². The second-order valence-corrected chi connectivity index (χ2v) is 14.3. The summed E-state index contributed by atoms with van der Waals surface area (Å²) in [5.41, 5.74) is 4.38. The van der Waals surface area contributed by atoms with E-state index in [1.54, 1.807) is 0 Å². The summed E-state index contributed by atoms with van der Waals surface area (Å²) >= 11 is 0. The highest BCUT2D eigenvalue weighted by molar-refractivity contribution is 7.94. The Balaban J connectivity index is 4.11. The van der Waals surface area contributed by atoms with Crippen LogP contribution in [0.1, 0.15) is 168 Å². The maximum atomic E-state index is 13.4. The Morgan fingerprint density at radius 3 is 1.20 bits per heavy atom. The SMILES string of the molecule is CCCCCC/C=C\CCCCCCCC(=O)P(=O)(C(=O)CCCCCCC/C=C\CCCCCC)C(O)CN. The van der Waals surface area contributed by atoms with E-state index in [1.807, 2.05) is 0 Å². The van der Waals surface area contributed by atoms with Gasteiger partial charge in [-0.05, 0) is 64.2 Å². The largest absolute Gasteiger partial charge is 0.383 e. The molecule has 0 rings (SSSR count). The lowest BCUT2D eigenvalue weighted by Crippen LogP contribution is -2.27. The highest BCUT2D eigenvalue weighted by Crippen LogP contribution is 2.53. The number of aliphatic hydroxyl groups excluding tert-OH is 1. The minimum absolute atomic E-state index is 0.0872. The predicted octanol–water partition coefficient (Wildman–Crippen LogP) is 10.2. The molecule has 3 N–H and O–H groups in total. The van der Waals surface area contributed by atoms with Gasteiger partial charge >= 0.3 is 0 Å². The van der Waals surface area contributed by atoms with Crippen molar-refractivity contribution >= 4 is 18.2 Å². The Hall–Kier alpha value is -1.03. The standard InChI is InChI=1S/C34H64NO4P/c1-3-5-7-9-11-13-15-17-19-21-23-25-27-29-32(36)40(39,34(38)31-35)33(37)30-28-26-24-22-20-18-16-14-12-10-8-6-4-2/h13-16,34,38H,3-12,17-31,35H2,1-2H3/b15-13-,16-14-. The summed E-state index contributed by atoms with van der Waals surface area (Å²) in [6, 6.07) is 0. The van der Waals surface area contributed by atoms with Crippen LogP contribution in [0.25, 0.3) is 0 Å². The van der Waals surface area contributed by atoms with Crippen molar-refractivity contribution < 1.29 is 19.3 Å². The summed E-state index contributed by atoms with van der Waals surface area (Å²) in [4.78, 5) is 25.7. The summed E-state index contributed by atoms with van der Waals surface area (Å²) in [6.45, 7) is 4.13. The van der Waals surface area contributed by atoms with Gasteiger partial charge in [0.15, 0.2) is 0 Å². The van der Waals surface area contributed by atoms with Crippen molar-refractivity contribution in [3.05, 3.63) is 24.3 Å².